The van der Waals surface area contributed by atoms with Gasteiger partial charge in [-0.05, 0) is 48.5 Å². The number of fused-ring (bicyclic) bond motifs is 1. The summed E-state index contributed by atoms with van der Waals surface area (Å²) in [6.45, 7) is 0.890. The number of hydrogen-bond acceptors (Lipinski definition) is 1. The topological polar surface area (TPSA) is 19.0 Å². The highest BCUT2D eigenvalue weighted by atomic mass is 19.4. The minimum absolute atomic E-state index is 0.218. The molecule has 5 heteroatoms. The maximum absolute atomic E-state index is 13.1. The maximum Gasteiger partial charge on any atom is 0.404 e. The molecule has 0 bridgehead atoms. The van der Waals surface area contributed by atoms with Crippen LogP contribution in [0.3, 0.4) is 0 Å². The third-order valence-electron chi connectivity index (χ3n) is 3.99. The zero-order chi connectivity index (χ0) is 14.2. The van der Waals surface area contributed by atoms with E-state index in [1.165, 1.54) is 0 Å². The van der Waals surface area contributed by atoms with Gasteiger partial charge in [0, 0.05) is 18.3 Å². The monoisotopic (exact) mass is 282 g/mol. The Morgan fingerprint density at radius 1 is 1.20 bits per heavy atom. The van der Waals surface area contributed by atoms with Gasteiger partial charge in [0.25, 0.3) is 0 Å². The first-order chi connectivity index (χ1) is 9.54. The van der Waals surface area contributed by atoms with Crippen LogP contribution in [0.15, 0.2) is 30.5 Å². The molecule has 1 aromatic heterocycles. The van der Waals surface area contributed by atoms with Gasteiger partial charge in [-0.15, -0.1) is 0 Å². The second kappa shape index (κ2) is 5.13. The van der Waals surface area contributed by atoms with E-state index in [1.807, 2.05) is 30.5 Å². The van der Waals surface area contributed by atoms with Gasteiger partial charge in [-0.1, -0.05) is 12.5 Å². The number of H-pyrrole nitrogens is 1. The summed E-state index contributed by atoms with van der Waals surface area (Å²) >= 11 is 0. The highest BCUT2D eigenvalue weighted by molar-refractivity contribution is 5.79. The van der Waals surface area contributed by atoms with Crippen molar-refractivity contribution in [2.45, 2.75) is 38.0 Å². The van der Waals surface area contributed by atoms with Crippen molar-refractivity contribution in [3.05, 3.63) is 36.0 Å². The van der Waals surface area contributed by atoms with Crippen LogP contribution in [-0.2, 0) is 6.54 Å². The van der Waals surface area contributed by atoms with Gasteiger partial charge >= 0.3 is 6.18 Å². The van der Waals surface area contributed by atoms with Crippen molar-refractivity contribution in [1.29, 1.82) is 0 Å². The molecule has 1 N–H and O–H groups in total. The molecular formula is C15H17F3N2. The normalized spacial score (nSPS) is 21.4. The van der Waals surface area contributed by atoms with Gasteiger partial charge < -0.3 is 4.98 Å². The van der Waals surface area contributed by atoms with E-state index < -0.39 is 12.2 Å². The van der Waals surface area contributed by atoms with Crippen molar-refractivity contribution in [3.63, 3.8) is 0 Å². The van der Waals surface area contributed by atoms with E-state index in [2.05, 4.69) is 4.98 Å². The zero-order valence-electron chi connectivity index (χ0n) is 11.1. The quantitative estimate of drug-likeness (QED) is 0.879. The average molecular weight is 282 g/mol. The second-order valence-corrected chi connectivity index (χ2v) is 5.42. The fraction of sp³-hybridized carbons (Fsp3) is 0.467. The first kappa shape index (κ1) is 13.5. The first-order valence-corrected chi connectivity index (χ1v) is 6.91. The van der Waals surface area contributed by atoms with Gasteiger partial charge in [0.05, 0.1) is 0 Å². The summed E-state index contributed by atoms with van der Waals surface area (Å²) in [5.74, 6) is 0. The molecule has 1 aliphatic rings. The Morgan fingerprint density at radius 2 is 2.05 bits per heavy atom. The van der Waals surface area contributed by atoms with Crippen LogP contribution in [0.1, 0.15) is 24.8 Å². The molecule has 1 fully saturated rings. The summed E-state index contributed by atoms with van der Waals surface area (Å²) in [4.78, 5) is 4.66. The Kier molecular flexibility index (Phi) is 3.46. The third-order valence-corrected chi connectivity index (χ3v) is 3.99. The second-order valence-electron chi connectivity index (χ2n) is 5.42. The number of likely N-dealkylation sites (tertiary alicyclic amines) is 1. The summed E-state index contributed by atoms with van der Waals surface area (Å²) < 4.78 is 39.2. The number of aromatic nitrogens is 1. The lowest BCUT2D eigenvalue weighted by atomic mass is 10.0. The highest BCUT2D eigenvalue weighted by Crippen LogP contribution is 2.33. The van der Waals surface area contributed by atoms with E-state index in [9.17, 15) is 13.2 Å². The van der Waals surface area contributed by atoms with Crippen LogP contribution in [0.25, 0.3) is 10.9 Å². The van der Waals surface area contributed by atoms with Crippen LogP contribution in [-0.4, -0.2) is 28.6 Å². The van der Waals surface area contributed by atoms with Gasteiger partial charge in [0.15, 0.2) is 0 Å². The number of benzene rings is 1. The summed E-state index contributed by atoms with van der Waals surface area (Å²) in [7, 11) is 0. The predicted molar refractivity (Wildman–Crippen MR) is 72.4 cm³/mol. The van der Waals surface area contributed by atoms with E-state index in [0.29, 0.717) is 19.5 Å². The molecule has 1 aromatic carbocycles. The van der Waals surface area contributed by atoms with Crippen LogP contribution in [0.4, 0.5) is 13.2 Å². The lowest BCUT2D eigenvalue weighted by Crippen LogP contribution is -2.48. The molecule has 0 saturated carbocycles. The number of aromatic amines is 1. The molecule has 20 heavy (non-hydrogen) atoms. The van der Waals surface area contributed by atoms with Gasteiger partial charge in [-0.25, -0.2) is 0 Å². The number of hydrogen-bond donors (Lipinski definition) is 1. The van der Waals surface area contributed by atoms with Crippen molar-refractivity contribution in [2.75, 3.05) is 6.54 Å². The summed E-state index contributed by atoms with van der Waals surface area (Å²) in [6, 6.07) is 6.44. The molecule has 0 aliphatic carbocycles. The highest BCUT2D eigenvalue weighted by Gasteiger charge is 2.44. The molecule has 2 heterocycles. The summed E-state index contributed by atoms with van der Waals surface area (Å²) in [5, 5.41) is 1.04. The fourth-order valence-electron chi connectivity index (χ4n) is 2.99. The average Bonchev–Trinajstić information content (AvgIpc) is 2.85. The Labute approximate surface area is 115 Å². The van der Waals surface area contributed by atoms with Crippen LogP contribution >= 0.6 is 0 Å². The Morgan fingerprint density at radius 3 is 2.85 bits per heavy atom. The van der Waals surface area contributed by atoms with Gasteiger partial charge in [-0.2, -0.15) is 13.2 Å². The molecule has 1 atom stereocenters. The van der Waals surface area contributed by atoms with E-state index in [-0.39, 0.29) is 6.42 Å². The van der Waals surface area contributed by atoms with Crippen LogP contribution in [0.5, 0.6) is 0 Å². The van der Waals surface area contributed by atoms with E-state index in [4.69, 9.17) is 0 Å². The lowest BCUT2D eigenvalue weighted by molar-refractivity contribution is -0.192. The molecule has 2 nitrogen and oxygen atoms in total. The molecule has 1 aliphatic heterocycles. The summed E-state index contributed by atoms with van der Waals surface area (Å²) in [5.41, 5.74) is 1.95. The van der Waals surface area contributed by atoms with E-state index in [1.54, 1.807) is 4.90 Å². The molecule has 0 amide bonds. The molecule has 1 saturated heterocycles. The lowest BCUT2D eigenvalue weighted by Gasteiger charge is -2.36. The van der Waals surface area contributed by atoms with E-state index in [0.717, 1.165) is 22.9 Å². The molecule has 108 valence electrons. The SMILES string of the molecule is FC(F)(F)C1CCCCN1Cc1ccc2[nH]ccc2c1. The summed E-state index contributed by atoms with van der Waals surface area (Å²) in [6.07, 6.45) is -0.557. The van der Waals surface area contributed by atoms with Crippen molar-refractivity contribution in [2.24, 2.45) is 0 Å². The van der Waals surface area contributed by atoms with Crippen LogP contribution in [0, 0.1) is 0 Å². The molecule has 0 radical (unpaired) electrons. The smallest absolute Gasteiger partial charge is 0.361 e. The number of nitrogens with zero attached hydrogens (tertiary/aromatic N) is 1. The van der Waals surface area contributed by atoms with Crippen molar-refractivity contribution in [1.82, 2.24) is 9.88 Å². The van der Waals surface area contributed by atoms with Crippen LogP contribution < -0.4 is 0 Å². The number of alkyl halides is 3. The first-order valence-electron chi connectivity index (χ1n) is 6.91. The predicted octanol–water partition coefficient (Wildman–Crippen LogP) is 4.08. The van der Waals surface area contributed by atoms with Crippen LogP contribution in [0.2, 0.25) is 0 Å². The Balaban J connectivity index is 1.80. The van der Waals surface area contributed by atoms with Gasteiger partial charge in [0.2, 0.25) is 0 Å². The Bertz CT molecular complexity index is 588. The fourth-order valence-corrected chi connectivity index (χ4v) is 2.99. The number of nitrogens with one attached hydrogen (secondary N) is 1. The van der Waals surface area contributed by atoms with Crippen molar-refractivity contribution < 1.29 is 13.2 Å². The standard InChI is InChI=1S/C15H17F3N2/c16-15(17,18)14-3-1-2-8-20(14)10-11-4-5-13-12(9-11)6-7-19-13/h4-7,9,14,19H,1-3,8,10H2. The largest absolute Gasteiger partial charge is 0.404 e. The van der Waals surface area contributed by atoms with Gasteiger partial charge in [0.1, 0.15) is 6.04 Å². The van der Waals surface area contributed by atoms with Gasteiger partial charge in [-0.3, -0.25) is 4.90 Å². The molecule has 3 rings (SSSR count). The number of piperidine rings is 1. The number of halogens is 3. The number of rotatable bonds is 2. The minimum atomic E-state index is -4.13. The molecule has 0 spiro atoms. The minimum Gasteiger partial charge on any atom is -0.361 e. The molecular weight excluding hydrogens is 265 g/mol. The van der Waals surface area contributed by atoms with E-state index >= 15 is 0 Å². The van der Waals surface area contributed by atoms with Crippen molar-refractivity contribution >= 4 is 10.9 Å². The van der Waals surface area contributed by atoms with Crippen molar-refractivity contribution in [3.8, 4) is 0 Å². The maximum atomic E-state index is 13.1. The molecule has 2 aromatic rings. The molecule has 1 unspecified atom stereocenters. The Hall–Kier alpha value is -1.49. The zero-order valence-corrected chi connectivity index (χ0v) is 11.1. The third kappa shape index (κ3) is 2.68.